The minimum absolute atomic E-state index is 0.0122. The van der Waals surface area contributed by atoms with Crippen molar-refractivity contribution in [2.45, 2.75) is 18.4 Å². The maximum absolute atomic E-state index is 13.2. The van der Waals surface area contributed by atoms with Gasteiger partial charge in [-0.25, -0.2) is 9.18 Å². The average molecular weight is 233 g/mol. The number of carbonyl (C=O) groups is 1. The molecule has 0 amide bonds. The summed E-state index contributed by atoms with van der Waals surface area (Å²) in [6.07, 6.45) is 4.69. The molecular weight excluding hydrogens is 221 g/mol. The van der Waals surface area contributed by atoms with Crippen molar-refractivity contribution in [3.8, 4) is 0 Å². The van der Waals surface area contributed by atoms with Crippen molar-refractivity contribution in [2.24, 2.45) is 5.92 Å². The predicted molar refractivity (Wildman–Crippen MR) is 61.4 cm³/mol. The maximum Gasteiger partial charge on any atom is 0.326 e. The molecule has 0 fully saturated rings. The lowest BCUT2D eigenvalue weighted by atomic mass is 9.79. The van der Waals surface area contributed by atoms with Crippen LogP contribution in [0, 0.1) is 11.7 Å². The van der Waals surface area contributed by atoms with Gasteiger partial charge in [0, 0.05) is 17.5 Å². The number of aliphatic carboxylic acids is 1. The molecule has 0 aromatic heterocycles. The number of benzene rings is 1. The van der Waals surface area contributed by atoms with E-state index in [1.807, 2.05) is 12.2 Å². The van der Waals surface area contributed by atoms with Crippen molar-refractivity contribution in [3.63, 3.8) is 0 Å². The Morgan fingerprint density at radius 3 is 3.06 bits per heavy atom. The highest BCUT2D eigenvalue weighted by Gasteiger charge is 2.40. The van der Waals surface area contributed by atoms with Gasteiger partial charge in [0.2, 0.25) is 0 Å². The zero-order valence-corrected chi connectivity index (χ0v) is 9.06. The van der Waals surface area contributed by atoms with Crippen LogP contribution in [0.5, 0.6) is 0 Å². The van der Waals surface area contributed by atoms with Gasteiger partial charge >= 0.3 is 5.97 Å². The summed E-state index contributed by atoms with van der Waals surface area (Å²) in [4.78, 5) is 11.2. The van der Waals surface area contributed by atoms with Gasteiger partial charge in [0.05, 0.1) is 0 Å². The summed E-state index contributed by atoms with van der Waals surface area (Å²) in [5.41, 5.74) is 1.59. The van der Waals surface area contributed by atoms with Gasteiger partial charge in [-0.05, 0) is 30.2 Å². The quantitative estimate of drug-likeness (QED) is 0.732. The lowest BCUT2D eigenvalue weighted by Crippen LogP contribution is -2.41. The smallest absolute Gasteiger partial charge is 0.326 e. The first kappa shape index (κ1) is 10.3. The summed E-state index contributed by atoms with van der Waals surface area (Å²) in [5, 5.41) is 12.2. The van der Waals surface area contributed by atoms with Crippen LogP contribution in [0.15, 0.2) is 30.4 Å². The fraction of sp³-hybridized carbons (Fsp3) is 0.308. The van der Waals surface area contributed by atoms with E-state index in [4.69, 9.17) is 0 Å². The Morgan fingerprint density at radius 2 is 2.29 bits per heavy atom. The highest BCUT2D eigenvalue weighted by molar-refractivity contribution is 5.80. The maximum atomic E-state index is 13.2. The number of allylic oxidation sites excluding steroid dienone is 2. The molecule has 0 saturated carbocycles. The van der Waals surface area contributed by atoms with Gasteiger partial charge in [0.15, 0.2) is 0 Å². The second-order valence-electron chi connectivity index (χ2n) is 4.55. The molecule has 1 aromatic rings. The Hall–Kier alpha value is -1.84. The van der Waals surface area contributed by atoms with E-state index < -0.39 is 12.0 Å². The number of anilines is 1. The number of fused-ring (bicyclic) bond motifs is 3. The lowest BCUT2D eigenvalue weighted by Gasteiger charge is -2.34. The highest BCUT2D eigenvalue weighted by Crippen LogP contribution is 2.44. The summed E-state index contributed by atoms with van der Waals surface area (Å²) in [6, 6.07) is 3.87. The fourth-order valence-corrected chi connectivity index (χ4v) is 2.81. The van der Waals surface area contributed by atoms with Crippen molar-refractivity contribution < 1.29 is 14.3 Å². The van der Waals surface area contributed by atoms with E-state index in [0.29, 0.717) is 0 Å². The van der Waals surface area contributed by atoms with E-state index in [0.717, 1.165) is 17.7 Å². The van der Waals surface area contributed by atoms with Crippen LogP contribution in [-0.4, -0.2) is 17.1 Å². The SMILES string of the molecule is O=C(O)[C@@H]1Nc2ccc(F)cc2[C@@H]2C=CC[C@@H]12. The third kappa shape index (κ3) is 1.52. The van der Waals surface area contributed by atoms with Gasteiger partial charge in [-0.2, -0.15) is 0 Å². The molecule has 1 heterocycles. The predicted octanol–water partition coefficient (Wildman–Crippen LogP) is 2.36. The van der Waals surface area contributed by atoms with E-state index in [1.54, 1.807) is 6.07 Å². The number of carboxylic acids is 1. The summed E-state index contributed by atoms with van der Waals surface area (Å²) in [6.45, 7) is 0. The Morgan fingerprint density at radius 1 is 1.47 bits per heavy atom. The van der Waals surface area contributed by atoms with Gasteiger partial charge in [-0.3, -0.25) is 0 Å². The molecule has 0 radical (unpaired) electrons. The number of carboxylic acid groups (broad SMARTS) is 1. The third-order valence-electron chi connectivity index (χ3n) is 3.59. The van der Waals surface area contributed by atoms with Gasteiger partial charge < -0.3 is 10.4 Å². The number of nitrogens with one attached hydrogen (secondary N) is 1. The average Bonchev–Trinajstić information content (AvgIpc) is 2.76. The monoisotopic (exact) mass is 233 g/mol. The molecule has 0 unspecified atom stereocenters. The largest absolute Gasteiger partial charge is 0.480 e. The zero-order chi connectivity index (χ0) is 12.0. The zero-order valence-electron chi connectivity index (χ0n) is 9.06. The van der Waals surface area contributed by atoms with Crippen LogP contribution >= 0.6 is 0 Å². The molecule has 3 atom stereocenters. The minimum atomic E-state index is -0.848. The molecule has 3 nitrogen and oxygen atoms in total. The summed E-state index contributed by atoms with van der Waals surface area (Å²) >= 11 is 0. The molecule has 0 bridgehead atoms. The van der Waals surface area contributed by atoms with Crippen LogP contribution in [0.3, 0.4) is 0 Å². The van der Waals surface area contributed by atoms with Crippen molar-refractivity contribution in [1.82, 2.24) is 0 Å². The first-order chi connectivity index (χ1) is 8.16. The number of rotatable bonds is 1. The Bertz CT molecular complexity index is 512. The van der Waals surface area contributed by atoms with Crippen LogP contribution in [0.4, 0.5) is 10.1 Å². The van der Waals surface area contributed by atoms with Crippen LogP contribution < -0.4 is 5.32 Å². The molecule has 1 aromatic carbocycles. The number of hydrogen-bond acceptors (Lipinski definition) is 2. The number of hydrogen-bond donors (Lipinski definition) is 2. The molecule has 2 aliphatic rings. The molecule has 1 aliphatic carbocycles. The van der Waals surface area contributed by atoms with Crippen molar-refractivity contribution in [1.29, 1.82) is 0 Å². The summed E-state index contributed by atoms with van der Waals surface area (Å²) in [5.74, 6) is -1.12. The normalized spacial score (nSPS) is 29.4. The molecule has 17 heavy (non-hydrogen) atoms. The Kier molecular flexibility index (Phi) is 2.18. The van der Waals surface area contributed by atoms with Gasteiger partial charge in [-0.1, -0.05) is 12.2 Å². The van der Waals surface area contributed by atoms with Crippen LogP contribution in [-0.2, 0) is 4.79 Å². The standard InChI is InChI=1S/C13H12FNO2/c14-7-4-5-11-10(6-7)8-2-1-3-9(8)12(15-11)13(16)17/h1-2,4-6,8-9,12,15H,3H2,(H,16,17)/t8-,9-,12-/m1/s1. The molecule has 0 spiro atoms. The van der Waals surface area contributed by atoms with Crippen LogP contribution in [0.1, 0.15) is 17.9 Å². The van der Waals surface area contributed by atoms with Gasteiger partial charge in [0.1, 0.15) is 11.9 Å². The minimum Gasteiger partial charge on any atom is -0.480 e. The van der Waals surface area contributed by atoms with E-state index in [2.05, 4.69) is 5.32 Å². The molecule has 0 saturated heterocycles. The van der Waals surface area contributed by atoms with E-state index in [9.17, 15) is 14.3 Å². The highest BCUT2D eigenvalue weighted by atomic mass is 19.1. The number of halogens is 1. The first-order valence-corrected chi connectivity index (χ1v) is 5.62. The molecule has 1 aliphatic heterocycles. The van der Waals surface area contributed by atoms with Crippen molar-refractivity contribution >= 4 is 11.7 Å². The van der Waals surface area contributed by atoms with Gasteiger partial charge in [-0.15, -0.1) is 0 Å². The van der Waals surface area contributed by atoms with Crippen molar-refractivity contribution in [3.05, 3.63) is 41.7 Å². The molecule has 88 valence electrons. The topological polar surface area (TPSA) is 49.3 Å². The van der Waals surface area contributed by atoms with E-state index in [1.165, 1.54) is 12.1 Å². The first-order valence-electron chi connectivity index (χ1n) is 5.62. The second kappa shape index (κ2) is 3.58. The second-order valence-corrected chi connectivity index (χ2v) is 4.55. The van der Waals surface area contributed by atoms with Gasteiger partial charge in [0.25, 0.3) is 0 Å². The lowest BCUT2D eigenvalue weighted by molar-refractivity contribution is -0.139. The van der Waals surface area contributed by atoms with E-state index >= 15 is 0 Å². The molecule has 4 heteroatoms. The molecule has 2 N–H and O–H groups in total. The van der Waals surface area contributed by atoms with Crippen molar-refractivity contribution in [2.75, 3.05) is 5.32 Å². The Labute approximate surface area is 98.0 Å². The van der Waals surface area contributed by atoms with Crippen LogP contribution in [0.2, 0.25) is 0 Å². The van der Waals surface area contributed by atoms with E-state index in [-0.39, 0.29) is 17.7 Å². The molecular formula is C13H12FNO2. The fourth-order valence-electron chi connectivity index (χ4n) is 2.81. The summed E-state index contributed by atoms with van der Waals surface area (Å²) < 4.78 is 13.2. The molecule has 3 rings (SSSR count). The third-order valence-corrected chi connectivity index (χ3v) is 3.59. The van der Waals surface area contributed by atoms with Crippen LogP contribution in [0.25, 0.3) is 0 Å². The summed E-state index contributed by atoms with van der Waals surface area (Å²) in [7, 11) is 0. The Balaban J connectivity index is 2.09.